The van der Waals surface area contributed by atoms with E-state index >= 15 is 0 Å². The number of hydrogen-bond acceptors (Lipinski definition) is 3. The zero-order valence-electron chi connectivity index (χ0n) is 10.7. The molecule has 94 valence electrons. The van der Waals surface area contributed by atoms with Crippen molar-refractivity contribution in [2.75, 3.05) is 5.32 Å². The summed E-state index contributed by atoms with van der Waals surface area (Å²) in [6.45, 7) is 6.25. The second-order valence-corrected chi connectivity index (χ2v) is 5.07. The molecule has 0 radical (unpaired) electrons. The van der Waals surface area contributed by atoms with Gasteiger partial charge in [0.25, 0.3) is 0 Å². The third kappa shape index (κ3) is 3.13. The maximum atomic E-state index is 9.38. The number of aromatic hydroxyl groups is 1. The molecule has 0 aliphatic carbocycles. The average Bonchev–Trinajstić information content (AvgIpc) is 2.21. The van der Waals surface area contributed by atoms with E-state index in [9.17, 15) is 5.11 Å². The molecule has 3 heteroatoms. The summed E-state index contributed by atoms with van der Waals surface area (Å²) < 4.78 is 5.72. The van der Waals surface area contributed by atoms with E-state index in [0.29, 0.717) is 24.0 Å². The average molecular weight is 235 g/mol. The van der Waals surface area contributed by atoms with E-state index in [-0.39, 0.29) is 0 Å². The number of aryl methyl sites for hydroxylation is 1. The summed E-state index contributed by atoms with van der Waals surface area (Å²) >= 11 is 0. The Morgan fingerprint density at radius 3 is 2.47 bits per heavy atom. The van der Waals surface area contributed by atoms with E-state index in [4.69, 9.17) is 4.74 Å². The van der Waals surface area contributed by atoms with Gasteiger partial charge < -0.3 is 15.2 Å². The van der Waals surface area contributed by atoms with Crippen LogP contribution >= 0.6 is 0 Å². The third-order valence-corrected chi connectivity index (χ3v) is 3.27. The summed E-state index contributed by atoms with van der Waals surface area (Å²) in [6.07, 6.45) is 2.69. The third-order valence-electron chi connectivity index (χ3n) is 3.27. The van der Waals surface area contributed by atoms with Gasteiger partial charge >= 0.3 is 0 Å². The number of rotatable bonds is 2. The number of hydrogen-bond donors (Lipinski definition) is 2. The second-order valence-electron chi connectivity index (χ2n) is 5.07. The summed E-state index contributed by atoms with van der Waals surface area (Å²) in [5.41, 5.74) is 2.19. The molecule has 2 unspecified atom stereocenters. The first-order valence-corrected chi connectivity index (χ1v) is 6.26. The normalized spacial score (nSPS) is 29.0. The highest BCUT2D eigenvalue weighted by atomic mass is 16.5. The van der Waals surface area contributed by atoms with Gasteiger partial charge in [0.05, 0.1) is 12.2 Å². The highest BCUT2D eigenvalue weighted by molar-refractivity contribution is 5.53. The molecule has 1 saturated heterocycles. The predicted molar refractivity (Wildman–Crippen MR) is 69.5 cm³/mol. The lowest BCUT2D eigenvalue weighted by Gasteiger charge is -2.33. The molecule has 0 bridgehead atoms. The van der Waals surface area contributed by atoms with Crippen LogP contribution in [0.15, 0.2) is 18.2 Å². The molecule has 1 aliphatic heterocycles. The van der Waals surface area contributed by atoms with Crippen LogP contribution in [0.2, 0.25) is 0 Å². The Labute approximate surface area is 103 Å². The molecule has 0 spiro atoms. The molecule has 2 rings (SSSR count). The van der Waals surface area contributed by atoms with Gasteiger partial charge in [0.1, 0.15) is 5.75 Å². The maximum Gasteiger partial charge on any atom is 0.115 e. The van der Waals surface area contributed by atoms with Crippen molar-refractivity contribution in [3.8, 4) is 5.75 Å². The van der Waals surface area contributed by atoms with Crippen LogP contribution in [0.1, 0.15) is 32.3 Å². The summed E-state index contributed by atoms with van der Waals surface area (Å²) in [4.78, 5) is 0. The van der Waals surface area contributed by atoms with Crippen molar-refractivity contribution < 1.29 is 9.84 Å². The molecule has 1 aromatic carbocycles. The fourth-order valence-corrected chi connectivity index (χ4v) is 2.55. The zero-order chi connectivity index (χ0) is 12.4. The fourth-order valence-electron chi connectivity index (χ4n) is 2.55. The Bertz CT molecular complexity index is 382. The smallest absolute Gasteiger partial charge is 0.115 e. The highest BCUT2D eigenvalue weighted by Gasteiger charge is 2.24. The molecule has 0 amide bonds. The van der Waals surface area contributed by atoms with Gasteiger partial charge in [-0.3, -0.25) is 0 Å². The van der Waals surface area contributed by atoms with Crippen LogP contribution in [0, 0.1) is 6.92 Å². The van der Waals surface area contributed by atoms with Crippen molar-refractivity contribution in [1.82, 2.24) is 0 Å². The minimum absolute atomic E-state index is 0.314. The van der Waals surface area contributed by atoms with Crippen LogP contribution in [0.25, 0.3) is 0 Å². The van der Waals surface area contributed by atoms with Gasteiger partial charge in [0.15, 0.2) is 0 Å². The van der Waals surface area contributed by atoms with Crippen molar-refractivity contribution in [3.63, 3.8) is 0 Å². The molecular formula is C14H21NO2. The molecule has 17 heavy (non-hydrogen) atoms. The van der Waals surface area contributed by atoms with Crippen LogP contribution in [0.4, 0.5) is 5.69 Å². The molecule has 2 N–H and O–H groups in total. The first-order chi connectivity index (χ1) is 8.04. The fraction of sp³-hybridized carbons (Fsp3) is 0.571. The molecule has 1 aromatic rings. The second kappa shape index (κ2) is 4.96. The topological polar surface area (TPSA) is 41.5 Å². The molecular weight excluding hydrogens is 214 g/mol. The van der Waals surface area contributed by atoms with Gasteiger partial charge in [0.2, 0.25) is 0 Å². The molecule has 1 heterocycles. The number of phenols is 1. The number of ether oxygens (including phenoxy) is 1. The molecule has 0 saturated carbocycles. The van der Waals surface area contributed by atoms with Crippen molar-refractivity contribution >= 4 is 5.69 Å². The molecule has 1 fully saturated rings. The van der Waals surface area contributed by atoms with E-state index in [0.717, 1.165) is 24.1 Å². The van der Waals surface area contributed by atoms with Crippen LogP contribution in [-0.2, 0) is 4.74 Å². The highest BCUT2D eigenvalue weighted by Crippen LogP contribution is 2.26. The van der Waals surface area contributed by atoms with Gasteiger partial charge in [0, 0.05) is 11.7 Å². The van der Waals surface area contributed by atoms with Crippen molar-refractivity contribution in [2.24, 2.45) is 0 Å². The number of anilines is 1. The zero-order valence-corrected chi connectivity index (χ0v) is 10.7. The lowest BCUT2D eigenvalue weighted by atomic mass is 9.99. The summed E-state index contributed by atoms with van der Waals surface area (Å²) in [5.74, 6) is 0.321. The molecule has 3 nitrogen and oxygen atoms in total. The van der Waals surface area contributed by atoms with Gasteiger partial charge in [-0.15, -0.1) is 0 Å². The van der Waals surface area contributed by atoms with Gasteiger partial charge in [-0.2, -0.15) is 0 Å². The van der Waals surface area contributed by atoms with Crippen molar-refractivity contribution in [1.29, 1.82) is 0 Å². The minimum atomic E-state index is 0.314. The number of benzene rings is 1. The molecule has 2 atom stereocenters. The first-order valence-electron chi connectivity index (χ1n) is 6.26. The van der Waals surface area contributed by atoms with Crippen LogP contribution in [-0.4, -0.2) is 23.4 Å². The van der Waals surface area contributed by atoms with Crippen LogP contribution < -0.4 is 5.32 Å². The Morgan fingerprint density at radius 2 is 1.88 bits per heavy atom. The minimum Gasteiger partial charge on any atom is -0.508 e. The SMILES string of the molecule is Cc1cc(O)ccc1NC1CC(C)OC(C)C1. The largest absolute Gasteiger partial charge is 0.508 e. The van der Waals surface area contributed by atoms with Crippen molar-refractivity contribution in [2.45, 2.75) is 51.9 Å². The van der Waals surface area contributed by atoms with E-state index in [1.807, 2.05) is 13.0 Å². The Balaban J connectivity index is 2.04. The van der Waals surface area contributed by atoms with Crippen LogP contribution in [0.3, 0.4) is 0 Å². The number of nitrogens with one attached hydrogen (secondary N) is 1. The summed E-state index contributed by atoms with van der Waals surface area (Å²) in [5, 5.41) is 12.9. The number of phenolic OH excluding ortho intramolecular Hbond substituents is 1. The lowest BCUT2D eigenvalue weighted by Crippen LogP contribution is -2.37. The maximum absolute atomic E-state index is 9.38. The van der Waals surface area contributed by atoms with Gasteiger partial charge in [-0.05, 0) is 57.4 Å². The summed E-state index contributed by atoms with van der Waals surface area (Å²) in [6, 6.07) is 5.91. The Kier molecular flexibility index (Phi) is 3.57. The predicted octanol–water partition coefficient (Wildman–Crippen LogP) is 3.07. The summed E-state index contributed by atoms with van der Waals surface area (Å²) in [7, 11) is 0. The van der Waals surface area contributed by atoms with E-state index in [1.54, 1.807) is 12.1 Å². The van der Waals surface area contributed by atoms with Crippen LogP contribution in [0.5, 0.6) is 5.75 Å². The van der Waals surface area contributed by atoms with E-state index in [2.05, 4.69) is 19.2 Å². The Morgan fingerprint density at radius 1 is 1.24 bits per heavy atom. The van der Waals surface area contributed by atoms with E-state index < -0.39 is 0 Å². The quantitative estimate of drug-likeness (QED) is 0.774. The standard InChI is InChI=1S/C14H21NO2/c1-9-6-13(16)4-5-14(9)15-12-7-10(2)17-11(3)8-12/h4-6,10-12,15-16H,7-8H2,1-3H3. The monoisotopic (exact) mass is 235 g/mol. The first kappa shape index (κ1) is 12.2. The lowest BCUT2D eigenvalue weighted by molar-refractivity contribution is -0.0337. The molecule has 0 aromatic heterocycles. The van der Waals surface area contributed by atoms with E-state index in [1.165, 1.54) is 0 Å². The van der Waals surface area contributed by atoms with Gasteiger partial charge in [-0.25, -0.2) is 0 Å². The molecule has 1 aliphatic rings. The van der Waals surface area contributed by atoms with Crippen molar-refractivity contribution in [3.05, 3.63) is 23.8 Å². The van der Waals surface area contributed by atoms with Gasteiger partial charge in [-0.1, -0.05) is 0 Å². The Hall–Kier alpha value is -1.22.